The van der Waals surface area contributed by atoms with Crippen LogP contribution in [0.5, 0.6) is 0 Å². The summed E-state index contributed by atoms with van der Waals surface area (Å²) < 4.78 is 19.8. The van der Waals surface area contributed by atoms with Crippen molar-refractivity contribution in [2.24, 2.45) is 0 Å². The van der Waals surface area contributed by atoms with Gasteiger partial charge in [-0.2, -0.15) is 0 Å². The van der Waals surface area contributed by atoms with Gasteiger partial charge in [-0.15, -0.1) is 10.6 Å². The van der Waals surface area contributed by atoms with Gasteiger partial charge in [0.1, 0.15) is 5.03 Å². The summed E-state index contributed by atoms with van der Waals surface area (Å²) in [6.45, 7) is 5.45. The highest BCUT2D eigenvalue weighted by Gasteiger charge is 2.17. The van der Waals surface area contributed by atoms with Crippen LogP contribution in [0, 0.1) is 0 Å². The van der Waals surface area contributed by atoms with Crippen molar-refractivity contribution in [2.45, 2.75) is 11.9 Å². The summed E-state index contributed by atoms with van der Waals surface area (Å²) in [5, 5.41) is 0.325. The zero-order chi connectivity index (χ0) is 11.3. The first-order valence-electron chi connectivity index (χ1n) is 4.54. The van der Waals surface area contributed by atoms with E-state index in [1.165, 1.54) is 0 Å². The van der Waals surface area contributed by atoms with E-state index in [4.69, 9.17) is 0 Å². The second-order valence-corrected chi connectivity index (χ2v) is 5.09. The monoisotopic (exact) mass is 225 g/mol. The minimum atomic E-state index is -2.83. The molecule has 2 N–H and O–H groups in total. The van der Waals surface area contributed by atoms with Crippen LogP contribution in [0.15, 0.2) is 53.7 Å². The second-order valence-electron chi connectivity index (χ2n) is 3.05. The summed E-state index contributed by atoms with van der Waals surface area (Å²) in [7, 11) is -2.83. The van der Waals surface area contributed by atoms with Crippen LogP contribution in [0.4, 0.5) is 0 Å². The quantitative estimate of drug-likeness (QED) is 0.773. The zero-order valence-electron chi connectivity index (χ0n) is 8.63. The standard InChI is InChI=1S/C11H15NO2S/c1-3-10(4-2)9-15(13,14)11-7-5-6-8-12-11/h3-8,13-14H,1,9H2,2H3/b10-4+. The molecular weight excluding hydrogens is 210 g/mol. The molecule has 0 radical (unpaired) electrons. The predicted molar refractivity (Wildman–Crippen MR) is 64.2 cm³/mol. The molecule has 1 aromatic rings. The van der Waals surface area contributed by atoms with E-state index < -0.39 is 10.6 Å². The molecule has 0 amide bonds. The molecule has 1 aromatic heterocycles. The Labute approximate surface area is 91.5 Å². The summed E-state index contributed by atoms with van der Waals surface area (Å²) >= 11 is 0. The topological polar surface area (TPSA) is 53.4 Å². The molecule has 0 unspecified atom stereocenters. The van der Waals surface area contributed by atoms with Gasteiger partial charge in [0.15, 0.2) is 0 Å². The number of rotatable bonds is 4. The van der Waals surface area contributed by atoms with Crippen molar-refractivity contribution in [2.75, 3.05) is 5.75 Å². The van der Waals surface area contributed by atoms with Crippen LogP contribution < -0.4 is 0 Å². The lowest BCUT2D eigenvalue weighted by molar-refractivity contribution is 0.486. The highest BCUT2D eigenvalue weighted by molar-refractivity contribution is 8.24. The maximum Gasteiger partial charge on any atom is 0.146 e. The Morgan fingerprint density at radius 3 is 2.73 bits per heavy atom. The Morgan fingerprint density at radius 1 is 1.53 bits per heavy atom. The molecule has 82 valence electrons. The summed E-state index contributed by atoms with van der Waals surface area (Å²) in [6.07, 6.45) is 4.98. The third-order valence-electron chi connectivity index (χ3n) is 1.97. The molecule has 0 aliphatic heterocycles. The van der Waals surface area contributed by atoms with Gasteiger partial charge < -0.3 is 0 Å². The van der Waals surface area contributed by atoms with Crippen LogP contribution in [0.3, 0.4) is 0 Å². The van der Waals surface area contributed by atoms with Crippen LogP contribution in [-0.4, -0.2) is 19.8 Å². The average Bonchev–Trinajstić information content (AvgIpc) is 2.27. The van der Waals surface area contributed by atoms with Crippen molar-refractivity contribution in [3.63, 3.8) is 0 Å². The smallest absolute Gasteiger partial charge is 0.146 e. The van der Waals surface area contributed by atoms with E-state index in [0.717, 1.165) is 5.57 Å². The van der Waals surface area contributed by atoms with Crippen LogP contribution in [0.2, 0.25) is 0 Å². The first-order chi connectivity index (χ1) is 7.10. The van der Waals surface area contributed by atoms with Gasteiger partial charge in [0.25, 0.3) is 0 Å². The van der Waals surface area contributed by atoms with Crippen LogP contribution >= 0.6 is 10.6 Å². The number of nitrogens with zero attached hydrogens (tertiary/aromatic N) is 1. The Kier molecular flexibility index (Phi) is 4.08. The van der Waals surface area contributed by atoms with Gasteiger partial charge >= 0.3 is 0 Å². The van der Waals surface area contributed by atoms with Crippen molar-refractivity contribution in [3.05, 3.63) is 48.7 Å². The van der Waals surface area contributed by atoms with Gasteiger partial charge in [-0.1, -0.05) is 24.8 Å². The first kappa shape index (κ1) is 12.0. The molecule has 1 rings (SSSR count). The van der Waals surface area contributed by atoms with Gasteiger partial charge in [-0.3, -0.25) is 9.11 Å². The fourth-order valence-corrected chi connectivity index (χ4v) is 2.53. The van der Waals surface area contributed by atoms with E-state index in [2.05, 4.69) is 11.6 Å². The lowest BCUT2D eigenvalue weighted by Crippen LogP contribution is -2.06. The third-order valence-corrected chi connectivity index (χ3v) is 3.62. The molecule has 4 heteroatoms. The molecule has 0 saturated carbocycles. The Balaban J connectivity index is 2.89. The highest BCUT2D eigenvalue weighted by atomic mass is 32.3. The first-order valence-corrected chi connectivity index (χ1v) is 6.26. The van der Waals surface area contributed by atoms with Crippen molar-refractivity contribution >= 4 is 10.6 Å². The summed E-state index contributed by atoms with van der Waals surface area (Å²) in [5.41, 5.74) is 0.806. The maximum absolute atomic E-state index is 9.91. The van der Waals surface area contributed by atoms with E-state index in [1.54, 1.807) is 30.5 Å². The molecule has 0 saturated heterocycles. The number of hydrogen-bond donors (Lipinski definition) is 2. The maximum atomic E-state index is 9.91. The Morgan fingerprint density at radius 2 is 2.27 bits per heavy atom. The number of aromatic nitrogens is 1. The minimum Gasteiger partial charge on any atom is -0.293 e. The fourth-order valence-electron chi connectivity index (χ4n) is 1.11. The van der Waals surface area contributed by atoms with E-state index in [1.807, 2.05) is 13.0 Å². The lowest BCUT2D eigenvalue weighted by atomic mass is 10.3. The van der Waals surface area contributed by atoms with Crippen molar-refractivity contribution in [1.29, 1.82) is 0 Å². The number of allylic oxidation sites excluding steroid dienone is 2. The van der Waals surface area contributed by atoms with E-state index in [0.29, 0.717) is 5.03 Å². The Hall–Kier alpha value is -1.10. The molecule has 15 heavy (non-hydrogen) atoms. The summed E-state index contributed by atoms with van der Waals surface area (Å²) in [4.78, 5) is 3.95. The van der Waals surface area contributed by atoms with Gasteiger partial charge in [-0.25, -0.2) is 4.98 Å². The van der Waals surface area contributed by atoms with Crippen molar-refractivity contribution in [1.82, 2.24) is 4.98 Å². The SMILES string of the molecule is C=C/C(=C\C)CS(O)(O)c1ccccn1. The number of hydrogen-bond acceptors (Lipinski definition) is 3. The molecule has 0 fully saturated rings. The molecule has 0 aromatic carbocycles. The van der Waals surface area contributed by atoms with Gasteiger partial charge in [0.05, 0.1) is 5.75 Å². The number of pyridine rings is 1. The molecule has 0 bridgehead atoms. The predicted octanol–water partition coefficient (Wildman–Crippen LogP) is 3.32. The normalized spacial score (nSPS) is 13.7. The minimum absolute atomic E-state index is 0.171. The van der Waals surface area contributed by atoms with E-state index in [9.17, 15) is 9.11 Å². The zero-order valence-corrected chi connectivity index (χ0v) is 9.44. The van der Waals surface area contributed by atoms with Gasteiger partial charge in [0, 0.05) is 6.20 Å². The second kappa shape index (κ2) is 5.11. The molecule has 1 heterocycles. The van der Waals surface area contributed by atoms with Crippen LogP contribution in [-0.2, 0) is 0 Å². The molecule has 0 aliphatic carbocycles. The molecule has 0 spiro atoms. The lowest BCUT2D eigenvalue weighted by Gasteiger charge is -2.31. The molecular formula is C11H15NO2S. The fraction of sp³-hybridized carbons (Fsp3) is 0.182. The molecule has 0 aliphatic rings. The van der Waals surface area contributed by atoms with Crippen molar-refractivity contribution < 1.29 is 9.11 Å². The average molecular weight is 225 g/mol. The van der Waals surface area contributed by atoms with Crippen LogP contribution in [0.25, 0.3) is 0 Å². The largest absolute Gasteiger partial charge is 0.293 e. The van der Waals surface area contributed by atoms with E-state index in [-0.39, 0.29) is 5.75 Å². The van der Waals surface area contributed by atoms with Crippen molar-refractivity contribution in [3.8, 4) is 0 Å². The highest BCUT2D eigenvalue weighted by Crippen LogP contribution is 2.47. The summed E-state index contributed by atoms with van der Waals surface area (Å²) in [6, 6.07) is 5.09. The third kappa shape index (κ3) is 3.20. The molecule has 0 atom stereocenters. The van der Waals surface area contributed by atoms with Gasteiger partial charge in [0.2, 0.25) is 0 Å². The van der Waals surface area contributed by atoms with Crippen LogP contribution in [0.1, 0.15) is 6.92 Å². The Bertz CT molecular complexity index is 360. The van der Waals surface area contributed by atoms with Gasteiger partial charge in [-0.05, 0) is 24.6 Å². The van der Waals surface area contributed by atoms with E-state index >= 15 is 0 Å². The summed E-state index contributed by atoms with van der Waals surface area (Å²) in [5.74, 6) is 0.171. The molecule has 3 nitrogen and oxygen atoms in total.